The molecule has 7 heteroatoms. The van der Waals surface area contributed by atoms with Gasteiger partial charge < -0.3 is 4.74 Å². The van der Waals surface area contributed by atoms with Crippen molar-refractivity contribution in [3.8, 4) is 5.75 Å². The van der Waals surface area contributed by atoms with E-state index in [0.717, 1.165) is 6.07 Å². The average molecular weight is 225 g/mol. The van der Waals surface area contributed by atoms with Crippen molar-refractivity contribution in [1.82, 2.24) is 5.43 Å². The van der Waals surface area contributed by atoms with Crippen molar-refractivity contribution in [2.75, 3.05) is 6.61 Å². The monoisotopic (exact) mass is 225 g/mol. The molecule has 0 saturated heterocycles. The van der Waals surface area contributed by atoms with Crippen LogP contribution in [-0.4, -0.2) is 17.4 Å². The van der Waals surface area contributed by atoms with Crippen molar-refractivity contribution in [3.63, 3.8) is 0 Å². The number of nitrogens with zero attached hydrogens (tertiary/aromatic N) is 1. The number of nitro benzene ring substituents is 1. The SMILES string of the molecule is CCOc1ccc([N+](=O)[O-])cc1C(=O)NN. The third kappa shape index (κ3) is 2.45. The maximum Gasteiger partial charge on any atom is 0.270 e. The number of carbonyl (C=O) groups excluding carboxylic acids is 1. The van der Waals surface area contributed by atoms with Crippen LogP contribution >= 0.6 is 0 Å². The van der Waals surface area contributed by atoms with E-state index in [1.54, 1.807) is 6.92 Å². The van der Waals surface area contributed by atoms with E-state index in [4.69, 9.17) is 10.6 Å². The molecule has 0 aliphatic heterocycles. The number of rotatable bonds is 4. The van der Waals surface area contributed by atoms with Crippen molar-refractivity contribution in [2.24, 2.45) is 5.84 Å². The maximum absolute atomic E-state index is 11.3. The van der Waals surface area contributed by atoms with E-state index < -0.39 is 10.8 Å². The van der Waals surface area contributed by atoms with E-state index in [1.807, 2.05) is 5.43 Å². The Balaban J connectivity index is 3.20. The van der Waals surface area contributed by atoms with Gasteiger partial charge in [-0.2, -0.15) is 0 Å². The van der Waals surface area contributed by atoms with Gasteiger partial charge in [0.2, 0.25) is 0 Å². The summed E-state index contributed by atoms with van der Waals surface area (Å²) in [6, 6.07) is 3.75. The lowest BCUT2D eigenvalue weighted by Gasteiger charge is -2.08. The van der Waals surface area contributed by atoms with Gasteiger partial charge in [0.1, 0.15) is 5.75 Å². The summed E-state index contributed by atoms with van der Waals surface area (Å²) in [5, 5.41) is 10.5. The number of nitro groups is 1. The number of benzene rings is 1. The second-order valence-electron chi connectivity index (χ2n) is 2.84. The predicted octanol–water partition coefficient (Wildman–Crippen LogP) is 0.597. The minimum absolute atomic E-state index is 0.0403. The first-order valence-electron chi connectivity index (χ1n) is 4.52. The molecule has 0 aliphatic rings. The molecule has 0 heterocycles. The summed E-state index contributed by atoms with van der Waals surface area (Å²) in [6.07, 6.45) is 0. The normalized spacial score (nSPS) is 9.62. The van der Waals surface area contributed by atoms with E-state index in [1.165, 1.54) is 12.1 Å². The smallest absolute Gasteiger partial charge is 0.270 e. The van der Waals surface area contributed by atoms with Crippen molar-refractivity contribution in [1.29, 1.82) is 0 Å². The molecular formula is C9H11N3O4. The van der Waals surface area contributed by atoms with Crippen LogP contribution in [0.3, 0.4) is 0 Å². The first-order valence-corrected chi connectivity index (χ1v) is 4.52. The van der Waals surface area contributed by atoms with Crippen molar-refractivity contribution >= 4 is 11.6 Å². The Hall–Kier alpha value is -2.15. The minimum Gasteiger partial charge on any atom is -0.493 e. The third-order valence-corrected chi connectivity index (χ3v) is 1.85. The Labute approximate surface area is 91.3 Å². The zero-order valence-corrected chi connectivity index (χ0v) is 8.60. The molecule has 0 aromatic heterocycles. The van der Waals surface area contributed by atoms with Crippen LogP contribution in [0.15, 0.2) is 18.2 Å². The van der Waals surface area contributed by atoms with E-state index in [-0.39, 0.29) is 17.0 Å². The zero-order chi connectivity index (χ0) is 12.1. The number of nitrogens with two attached hydrogens (primary N) is 1. The number of nitrogens with one attached hydrogen (secondary N) is 1. The lowest BCUT2D eigenvalue weighted by Crippen LogP contribution is -2.30. The van der Waals surface area contributed by atoms with Crippen LogP contribution in [0.2, 0.25) is 0 Å². The fourth-order valence-electron chi connectivity index (χ4n) is 1.17. The molecule has 0 unspecified atom stereocenters. The van der Waals surface area contributed by atoms with Gasteiger partial charge in [0.25, 0.3) is 11.6 Å². The number of nitrogen functional groups attached to an aromatic ring is 1. The molecule has 1 aromatic carbocycles. The van der Waals surface area contributed by atoms with Gasteiger partial charge in [-0.15, -0.1) is 0 Å². The summed E-state index contributed by atoms with van der Waals surface area (Å²) >= 11 is 0. The van der Waals surface area contributed by atoms with E-state index in [9.17, 15) is 14.9 Å². The highest BCUT2D eigenvalue weighted by Crippen LogP contribution is 2.23. The molecule has 1 rings (SSSR count). The van der Waals surface area contributed by atoms with E-state index in [0.29, 0.717) is 6.61 Å². The Morgan fingerprint density at radius 3 is 2.81 bits per heavy atom. The Bertz CT molecular complexity index is 419. The molecule has 0 saturated carbocycles. The quantitative estimate of drug-likeness (QED) is 0.337. The summed E-state index contributed by atoms with van der Waals surface area (Å²) in [5.41, 5.74) is 1.75. The standard InChI is InChI=1S/C9H11N3O4/c1-2-16-8-4-3-6(12(14)15)5-7(8)9(13)11-10/h3-5H,2,10H2,1H3,(H,11,13). The second-order valence-corrected chi connectivity index (χ2v) is 2.84. The molecule has 0 atom stereocenters. The predicted molar refractivity (Wildman–Crippen MR) is 55.9 cm³/mol. The van der Waals surface area contributed by atoms with Crippen LogP contribution in [0, 0.1) is 10.1 Å². The van der Waals surface area contributed by atoms with Gasteiger partial charge in [0.15, 0.2) is 0 Å². The topological polar surface area (TPSA) is 107 Å². The Kier molecular flexibility index (Phi) is 3.78. The van der Waals surface area contributed by atoms with Crippen LogP contribution in [0.4, 0.5) is 5.69 Å². The molecule has 1 aromatic rings. The van der Waals surface area contributed by atoms with Gasteiger partial charge in [-0.25, -0.2) is 5.84 Å². The Morgan fingerprint density at radius 1 is 1.62 bits per heavy atom. The fourth-order valence-corrected chi connectivity index (χ4v) is 1.17. The molecule has 86 valence electrons. The average Bonchev–Trinajstić information content (AvgIpc) is 2.28. The summed E-state index contributed by atoms with van der Waals surface area (Å²) in [4.78, 5) is 21.3. The highest BCUT2D eigenvalue weighted by molar-refractivity contribution is 5.97. The summed E-state index contributed by atoms with van der Waals surface area (Å²) in [6.45, 7) is 2.09. The molecule has 3 N–H and O–H groups in total. The summed E-state index contributed by atoms with van der Waals surface area (Å²) in [7, 11) is 0. The van der Waals surface area contributed by atoms with Gasteiger partial charge in [-0.3, -0.25) is 20.3 Å². The van der Waals surface area contributed by atoms with Gasteiger partial charge in [-0.05, 0) is 13.0 Å². The maximum atomic E-state index is 11.3. The molecule has 0 radical (unpaired) electrons. The van der Waals surface area contributed by atoms with Crippen molar-refractivity contribution in [3.05, 3.63) is 33.9 Å². The van der Waals surface area contributed by atoms with Crippen LogP contribution in [-0.2, 0) is 0 Å². The number of hydrogen-bond donors (Lipinski definition) is 2. The molecule has 7 nitrogen and oxygen atoms in total. The van der Waals surface area contributed by atoms with Crippen LogP contribution in [0.1, 0.15) is 17.3 Å². The lowest BCUT2D eigenvalue weighted by molar-refractivity contribution is -0.384. The number of non-ortho nitro benzene ring substituents is 1. The van der Waals surface area contributed by atoms with Gasteiger partial charge in [0, 0.05) is 12.1 Å². The lowest BCUT2D eigenvalue weighted by atomic mass is 10.1. The van der Waals surface area contributed by atoms with Gasteiger partial charge >= 0.3 is 0 Å². The molecule has 0 bridgehead atoms. The highest BCUT2D eigenvalue weighted by Gasteiger charge is 2.16. The molecule has 0 fully saturated rings. The first-order chi connectivity index (χ1) is 7.60. The number of hydrazine groups is 1. The van der Waals surface area contributed by atoms with Crippen LogP contribution < -0.4 is 16.0 Å². The summed E-state index contributed by atoms with van der Waals surface area (Å²) in [5.74, 6) is 4.60. The van der Waals surface area contributed by atoms with Crippen molar-refractivity contribution < 1.29 is 14.5 Å². The van der Waals surface area contributed by atoms with Crippen molar-refractivity contribution in [2.45, 2.75) is 6.92 Å². The van der Waals surface area contributed by atoms with Crippen LogP contribution in [0.5, 0.6) is 5.75 Å². The first kappa shape index (κ1) is 11.9. The number of hydrogen-bond acceptors (Lipinski definition) is 5. The number of amides is 1. The number of carbonyl (C=O) groups is 1. The fraction of sp³-hybridized carbons (Fsp3) is 0.222. The zero-order valence-electron chi connectivity index (χ0n) is 8.60. The van der Waals surface area contributed by atoms with E-state index in [2.05, 4.69) is 0 Å². The van der Waals surface area contributed by atoms with E-state index >= 15 is 0 Å². The molecule has 0 spiro atoms. The van der Waals surface area contributed by atoms with Gasteiger partial charge in [0.05, 0.1) is 17.1 Å². The molecular weight excluding hydrogens is 214 g/mol. The Morgan fingerprint density at radius 2 is 2.31 bits per heavy atom. The van der Waals surface area contributed by atoms with Gasteiger partial charge in [-0.1, -0.05) is 0 Å². The molecule has 0 aliphatic carbocycles. The number of ether oxygens (including phenoxy) is 1. The molecule has 16 heavy (non-hydrogen) atoms. The summed E-state index contributed by atoms with van der Waals surface area (Å²) < 4.78 is 5.16. The third-order valence-electron chi connectivity index (χ3n) is 1.85. The van der Waals surface area contributed by atoms with Crippen LogP contribution in [0.25, 0.3) is 0 Å². The minimum atomic E-state index is -0.632. The highest BCUT2D eigenvalue weighted by atomic mass is 16.6. The molecule has 1 amide bonds. The largest absolute Gasteiger partial charge is 0.493 e. The second kappa shape index (κ2) is 5.08.